The zero-order chi connectivity index (χ0) is 15.6. The lowest BCUT2D eigenvalue weighted by molar-refractivity contribution is -0.147. The van der Waals surface area contributed by atoms with Crippen LogP contribution in [0.5, 0.6) is 0 Å². The summed E-state index contributed by atoms with van der Waals surface area (Å²) in [4.78, 5) is 14.0. The van der Waals surface area contributed by atoms with Gasteiger partial charge in [0.25, 0.3) is 0 Å². The van der Waals surface area contributed by atoms with Crippen molar-refractivity contribution in [3.63, 3.8) is 0 Å². The second kappa shape index (κ2) is 6.49. The predicted octanol–water partition coefficient (Wildman–Crippen LogP) is 1.68. The fourth-order valence-electron chi connectivity index (χ4n) is 2.53. The van der Waals surface area contributed by atoms with Crippen LogP contribution < -0.4 is 0 Å². The third kappa shape index (κ3) is 3.22. The molecule has 6 heteroatoms. The molecule has 2 rings (SSSR count). The Morgan fingerprint density at radius 1 is 1.48 bits per heavy atom. The minimum absolute atomic E-state index is 0.195. The highest BCUT2D eigenvalue weighted by molar-refractivity contribution is 5.83. The van der Waals surface area contributed by atoms with E-state index < -0.39 is 23.7 Å². The summed E-state index contributed by atoms with van der Waals surface area (Å²) in [5, 5.41) is 9.14. The van der Waals surface area contributed by atoms with Gasteiger partial charge in [0.05, 0.1) is 31.3 Å². The van der Waals surface area contributed by atoms with Crippen LogP contribution in [0.1, 0.15) is 25.3 Å². The number of halogens is 2. The maximum atomic E-state index is 13.8. The molecule has 1 amide bonds. The van der Waals surface area contributed by atoms with Gasteiger partial charge >= 0.3 is 0 Å². The van der Waals surface area contributed by atoms with Crippen molar-refractivity contribution in [2.45, 2.75) is 31.9 Å². The van der Waals surface area contributed by atoms with Crippen LogP contribution in [-0.4, -0.2) is 47.8 Å². The van der Waals surface area contributed by atoms with Crippen molar-refractivity contribution in [1.29, 1.82) is 0 Å². The minimum Gasteiger partial charge on any atom is -0.394 e. The normalized spacial score (nSPS) is 24.0. The zero-order valence-corrected chi connectivity index (χ0v) is 12.1. The smallest absolute Gasteiger partial charge is 0.230 e. The molecule has 0 aromatic heterocycles. The number of ether oxygens (including phenoxy) is 1. The van der Waals surface area contributed by atoms with Gasteiger partial charge in [0.1, 0.15) is 11.6 Å². The number of nitrogens with zero attached hydrogens (tertiary/aromatic N) is 1. The van der Waals surface area contributed by atoms with Crippen LogP contribution in [-0.2, 0) is 9.53 Å². The molecule has 0 aliphatic carbocycles. The summed E-state index contributed by atoms with van der Waals surface area (Å²) in [6, 6.07) is 3.35. The Labute approximate surface area is 122 Å². The average molecular weight is 299 g/mol. The summed E-state index contributed by atoms with van der Waals surface area (Å²) >= 11 is 0. The summed E-state index contributed by atoms with van der Waals surface area (Å²) in [7, 11) is 0. The molecule has 1 aliphatic rings. The van der Waals surface area contributed by atoms with Crippen molar-refractivity contribution in [2.24, 2.45) is 0 Å². The zero-order valence-electron chi connectivity index (χ0n) is 12.1. The number of benzene rings is 1. The van der Waals surface area contributed by atoms with E-state index >= 15 is 0 Å². The molecule has 0 spiro atoms. The monoisotopic (exact) mass is 299 g/mol. The van der Waals surface area contributed by atoms with Gasteiger partial charge in [-0.2, -0.15) is 0 Å². The van der Waals surface area contributed by atoms with Crippen LogP contribution in [0.4, 0.5) is 8.78 Å². The van der Waals surface area contributed by atoms with Crippen LogP contribution in [0.3, 0.4) is 0 Å². The molecule has 1 N–H and O–H groups in total. The lowest BCUT2D eigenvalue weighted by Gasteiger charge is -2.38. The highest BCUT2D eigenvalue weighted by atomic mass is 19.1. The number of amides is 1. The predicted molar refractivity (Wildman–Crippen MR) is 72.8 cm³/mol. The van der Waals surface area contributed by atoms with Crippen molar-refractivity contribution in [2.75, 3.05) is 19.8 Å². The first kappa shape index (κ1) is 15.9. The Bertz CT molecular complexity index is 503. The summed E-state index contributed by atoms with van der Waals surface area (Å²) in [5.41, 5.74) is -0.221. The van der Waals surface area contributed by atoms with Gasteiger partial charge in [0.15, 0.2) is 0 Å². The number of carbonyl (C=O) groups excluding carboxylic acids is 1. The molecule has 4 nitrogen and oxygen atoms in total. The molecule has 116 valence electrons. The lowest BCUT2D eigenvalue weighted by atomic mass is 9.97. The third-order valence-corrected chi connectivity index (χ3v) is 3.80. The molecule has 0 saturated carbocycles. The molecule has 0 bridgehead atoms. The number of carbonyl (C=O) groups is 1. The molecule has 3 atom stereocenters. The van der Waals surface area contributed by atoms with Crippen molar-refractivity contribution in [3.8, 4) is 0 Å². The van der Waals surface area contributed by atoms with Crippen LogP contribution in [0.25, 0.3) is 0 Å². The maximum Gasteiger partial charge on any atom is 0.230 e. The van der Waals surface area contributed by atoms with Gasteiger partial charge in [0.2, 0.25) is 5.91 Å². The topological polar surface area (TPSA) is 49.8 Å². The van der Waals surface area contributed by atoms with E-state index in [-0.39, 0.29) is 30.7 Å². The van der Waals surface area contributed by atoms with Gasteiger partial charge in [-0.05, 0) is 26.0 Å². The van der Waals surface area contributed by atoms with Gasteiger partial charge in [-0.15, -0.1) is 0 Å². The van der Waals surface area contributed by atoms with Gasteiger partial charge in [-0.1, -0.05) is 6.07 Å². The third-order valence-electron chi connectivity index (χ3n) is 3.80. The quantitative estimate of drug-likeness (QED) is 0.924. The van der Waals surface area contributed by atoms with E-state index in [4.69, 9.17) is 9.84 Å². The number of hydrogen-bond acceptors (Lipinski definition) is 3. The summed E-state index contributed by atoms with van der Waals surface area (Å²) in [6.45, 7) is 3.61. The van der Waals surface area contributed by atoms with E-state index in [9.17, 15) is 13.6 Å². The van der Waals surface area contributed by atoms with Gasteiger partial charge in [-0.3, -0.25) is 4.79 Å². The fraction of sp³-hybridized carbons (Fsp3) is 0.533. The fourth-order valence-corrected chi connectivity index (χ4v) is 2.53. The molecule has 1 aliphatic heterocycles. The summed E-state index contributed by atoms with van der Waals surface area (Å²) in [5.74, 6) is -2.75. The Morgan fingerprint density at radius 3 is 2.67 bits per heavy atom. The van der Waals surface area contributed by atoms with Crippen molar-refractivity contribution in [1.82, 2.24) is 4.90 Å². The highest BCUT2D eigenvalue weighted by Gasteiger charge is 2.33. The van der Waals surface area contributed by atoms with Crippen LogP contribution in [0.15, 0.2) is 18.2 Å². The van der Waals surface area contributed by atoms with Gasteiger partial charge in [0, 0.05) is 12.1 Å². The van der Waals surface area contributed by atoms with E-state index in [2.05, 4.69) is 0 Å². The second-order valence-electron chi connectivity index (χ2n) is 5.33. The molecule has 3 unspecified atom stereocenters. The number of rotatable bonds is 3. The Hall–Kier alpha value is -1.53. The number of aliphatic hydroxyl groups excluding tert-OH is 1. The van der Waals surface area contributed by atoms with Crippen LogP contribution >= 0.6 is 0 Å². The van der Waals surface area contributed by atoms with E-state index in [0.717, 1.165) is 12.1 Å². The van der Waals surface area contributed by atoms with Crippen molar-refractivity contribution in [3.05, 3.63) is 35.4 Å². The Kier molecular flexibility index (Phi) is 4.90. The molecule has 1 saturated heterocycles. The largest absolute Gasteiger partial charge is 0.394 e. The first-order valence-corrected chi connectivity index (χ1v) is 6.92. The van der Waals surface area contributed by atoms with E-state index in [0.29, 0.717) is 6.61 Å². The molecule has 1 heterocycles. The summed E-state index contributed by atoms with van der Waals surface area (Å²) in [6.07, 6.45) is -0.456. The first-order chi connectivity index (χ1) is 9.95. The van der Waals surface area contributed by atoms with Crippen molar-refractivity contribution < 1.29 is 23.4 Å². The number of hydrogen-bond donors (Lipinski definition) is 1. The second-order valence-corrected chi connectivity index (χ2v) is 5.33. The molecule has 1 aromatic rings. The standard InChI is InChI=1S/C15H19F2NO3/c1-9-8-21-11(7-19)6-18(9)15(20)10(2)14-12(16)4-3-5-13(14)17/h3-5,9-11,19H,6-8H2,1-2H3. The molecular weight excluding hydrogens is 280 g/mol. The number of aliphatic hydroxyl groups is 1. The first-order valence-electron chi connectivity index (χ1n) is 6.92. The molecule has 1 aromatic carbocycles. The molecular formula is C15H19F2NO3. The Morgan fingerprint density at radius 2 is 2.10 bits per heavy atom. The Balaban J connectivity index is 2.22. The lowest BCUT2D eigenvalue weighted by Crippen LogP contribution is -2.53. The minimum atomic E-state index is -0.925. The van der Waals surface area contributed by atoms with E-state index in [1.165, 1.54) is 17.9 Å². The van der Waals surface area contributed by atoms with Crippen molar-refractivity contribution >= 4 is 5.91 Å². The number of morpholine rings is 1. The van der Waals surface area contributed by atoms with Crippen LogP contribution in [0, 0.1) is 11.6 Å². The van der Waals surface area contributed by atoms with E-state index in [1.807, 2.05) is 0 Å². The molecule has 21 heavy (non-hydrogen) atoms. The maximum absolute atomic E-state index is 13.8. The van der Waals surface area contributed by atoms with E-state index in [1.54, 1.807) is 6.92 Å². The average Bonchev–Trinajstić information content (AvgIpc) is 2.46. The molecule has 0 radical (unpaired) electrons. The SMILES string of the molecule is CC(C(=O)N1CC(CO)OCC1C)c1c(F)cccc1F. The van der Waals surface area contributed by atoms with Crippen LogP contribution in [0.2, 0.25) is 0 Å². The highest BCUT2D eigenvalue weighted by Crippen LogP contribution is 2.26. The molecule has 1 fully saturated rings. The van der Waals surface area contributed by atoms with Gasteiger partial charge < -0.3 is 14.7 Å². The summed E-state index contributed by atoms with van der Waals surface area (Å²) < 4.78 is 32.9. The van der Waals surface area contributed by atoms with Gasteiger partial charge in [-0.25, -0.2) is 8.78 Å².